The SMILES string of the molecule is CC(C)n1cc([C@@H](C)N[C@@H](C)c2cccc(Br)c2)cn1. The van der Waals surface area contributed by atoms with Gasteiger partial charge in [0, 0.05) is 34.4 Å². The molecule has 0 bridgehead atoms. The van der Waals surface area contributed by atoms with Crippen LogP contribution in [0.4, 0.5) is 0 Å². The van der Waals surface area contributed by atoms with Crippen LogP contribution in [0.25, 0.3) is 0 Å². The number of nitrogens with zero attached hydrogens (tertiary/aromatic N) is 2. The zero-order chi connectivity index (χ0) is 14.7. The number of halogens is 1. The van der Waals surface area contributed by atoms with Gasteiger partial charge in [0.2, 0.25) is 0 Å². The first-order valence-corrected chi connectivity index (χ1v) is 7.82. The molecule has 2 rings (SSSR count). The summed E-state index contributed by atoms with van der Waals surface area (Å²) >= 11 is 3.52. The summed E-state index contributed by atoms with van der Waals surface area (Å²) in [6, 6.07) is 9.39. The van der Waals surface area contributed by atoms with Crippen molar-refractivity contribution in [3.8, 4) is 0 Å². The van der Waals surface area contributed by atoms with E-state index in [1.54, 1.807) is 0 Å². The highest BCUT2D eigenvalue weighted by atomic mass is 79.9. The van der Waals surface area contributed by atoms with E-state index in [4.69, 9.17) is 0 Å². The van der Waals surface area contributed by atoms with Crippen molar-refractivity contribution in [1.29, 1.82) is 0 Å². The predicted octanol–water partition coefficient (Wildman–Crippen LogP) is 4.64. The zero-order valence-corrected chi connectivity index (χ0v) is 14.1. The molecule has 0 unspecified atom stereocenters. The van der Waals surface area contributed by atoms with Gasteiger partial charge in [-0.25, -0.2) is 0 Å². The fourth-order valence-electron chi connectivity index (χ4n) is 2.20. The van der Waals surface area contributed by atoms with Gasteiger partial charge in [0.05, 0.1) is 6.20 Å². The maximum absolute atomic E-state index is 4.40. The molecule has 3 nitrogen and oxygen atoms in total. The number of benzene rings is 1. The van der Waals surface area contributed by atoms with Crippen LogP contribution in [0.1, 0.15) is 56.9 Å². The molecule has 0 amide bonds. The van der Waals surface area contributed by atoms with Crippen LogP contribution >= 0.6 is 15.9 Å². The highest BCUT2D eigenvalue weighted by Crippen LogP contribution is 2.22. The van der Waals surface area contributed by atoms with Crippen LogP contribution in [0.3, 0.4) is 0 Å². The summed E-state index contributed by atoms with van der Waals surface area (Å²) in [6.45, 7) is 8.64. The van der Waals surface area contributed by atoms with E-state index in [9.17, 15) is 0 Å². The molecule has 2 aromatic rings. The smallest absolute Gasteiger partial charge is 0.0537 e. The molecule has 0 aliphatic carbocycles. The van der Waals surface area contributed by atoms with E-state index in [2.05, 4.69) is 78.4 Å². The summed E-state index contributed by atoms with van der Waals surface area (Å²) in [5.41, 5.74) is 2.50. The van der Waals surface area contributed by atoms with Crippen LogP contribution in [-0.4, -0.2) is 9.78 Å². The molecule has 4 heteroatoms. The lowest BCUT2D eigenvalue weighted by atomic mass is 10.1. The van der Waals surface area contributed by atoms with Gasteiger partial charge in [0.15, 0.2) is 0 Å². The Morgan fingerprint density at radius 1 is 1.10 bits per heavy atom. The molecule has 20 heavy (non-hydrogen) atoms. The molecule has 0 fully saturated rings. The average Bonchev–Trinajstić information content (AvgIpc) is 2.88. The minimum Gasteiger partial charge on any atom is -0.304 e. The van der Waals surface area contributed by atoms with Crippen molar-refractivity contribution in [2.24, 2.45) is 0 Å². The first-order chi connectivity index (χ1) is 9.47. The lowest BCUT2D eigenvalue weighted by molar-refractivity contribution is 0.491. The second kappa shape index (κ2) is 6.55. The van der Waals surface area contributed by atoms with Gasteiger partial charge in [0.25, 0.3) is 0 Å². The Morgan fingerprint density at radius 3 is 2.40 bits per heavy atom. The molecule has 1 aromatic carbocycles. The Hall–Kier alpha value is -1.13. The molecule has 2 atom stereocenters. The number of hydrogen-bond donors (Lipinski definition) is 1. The van der Waals surface area contributed by atoms with Crippen LogP contribution in [0.2, 0.25) is 0 Å². The van der Waals surface area contributed by atoms with Gasteiger partial charge in [-0.15, -0.1) is 0 Å². The highest BCUT2D eigenvalue weighted by molar-refractivity contribution is 9.10. The lowest BCUT2D eigenvalue weighted by Crippen LogP contribution is -2.22. The van der Waals surface area contributed by atoms with Gasteiger partial charge in [-0.2, -0.15) is 5.10 Å². The first-order valence-electron chi connectivity index (χ1n) is 7.03. The standard InChI is InChI=1S/C16H22BrN3/c1-11(2)20-10-15(9-18-20)13(4)19-12(3)14-6-5-7-16(17)8-14/h5-13,19H,1-4H3/t12-,13+/m0/s1. The van der Waals surface area contributed by atoms with Crippen molar-refractivity contribution in [1.82, 2.24) is 15.1 Å². The molecule has 0 spiro atoms. The van der Waals surface area contributed by atoms with Crippen molar-refractivity contribution < 1.29 is 0 Å². The molecule has 1 N–H and O–H groups in total. The fraction of sp³-hybridized carbons (Fsp3) is 0.438. The zero-order valence-electron chi connectivity index (χ0n) is 12.5. The third kappa shape index (κ3) is 3.70. The Balaban J connectivity index is 2.04. The Bertz CT molecular complexity index is 562. The van der Waals surface area contributed by atoms with E-state index in [1.165, 1.54) is 11.1 Å². The van der Waals surface area contributed by atoms with E-state index >= 15 is 0 Å². The Morgan fingerprint density at radius 2 is 1.80 bits per heavy atom. The lowest BCUT2D eigenvalue weighted by Gasteiger charge is -2.19. The largest absolute Gasteiger partial charge is 0.304 e. The third-order valence-electron chi connectivity index (χ3n) is 3.50. The summed E-state index contributed by atoms with van der Waals surface area (Å²) in [7, 11) is 0. The normalized spacial score (nSPS) is 14.5. The van der Waals surface area contributed by atoms with E-state index in [0.717, 1.165) is 4.47 Å². The van der Waals surface area contributed by atoms with Crippen LogP contribution in [0.15, 0.2) is 41.1 Å². The maximum Gasteiger partial charge on any atom is 0.0537 e. The van der Waals surface area contributed by atoms with Crippen molar-refractivity contribution in [2.45, 2.75) is 45.8 Å². The van der Waals surface area contributed by atoms with Crippen LogP contribution in [0, 0.1) is 0 Å². The molecule has 0 aliphatic heterocycles. The summed E-state index contributed by atoms with van der Waals surface area (Å²) in [5, 5.41) is 8.02. The molecule has 0 saturated heterocycles. The molecule has 1 aromatic heterocycles. The van der Waals surface area contributed by atoms with Crippen molar-refractivity contribution in [3.05, 3.63) is 52.3 Å². The molecule has 1 heterocycles. The topological polar surface area (TPSA) is 29.9 Å². The molecule has 0 aliphatic rings. The van der Waals surface area contributed by atoms with Crippen LogP contribution < -0.4 is 5.32 Å². The second-order valence-electron chi connectivity index (χ2n) is 5.51. The quantitative estimate of drug-likeness (QED) is 0.862. The maximum atomic E-state index is 4.40. The van der Waals surface area contributed by atoms with Gasteiger partial charge in [0.1, 0.15) is 0 Å². The van der Waals surface area contributed by atoms with E-state index in [0.29, 0.717) is 12.1 Å². The molecule has 108 valence electrons. The second-order valence-corrected chi connectivity index (χ2v) is 6.43. The number of nitrogens with one attached hydrogen (secondary N) is 1. The average molecular weight is 336 g/mol. The molecule has 0 saturated carbocycles. The minimum atomic E-state index is 0.275. The van der Waals surface area contributed by atoms with Gasteiger partial charge < -0.3 is 5.32 Å². The number of hydrogen-bond acceptors (Lipinski definition) is 2. The van der Waals surface area contributed by atoms with Gasteiger partial charge in [-0.3, -0.25) is 4.68 Å². The van der Waals surface area contributed by atoms with Crippen molar-refractivity contribution in [2.75, 3.05) is 0 Å². The third-order valence-corrected chi connectivity index (χ3v) is 3.99. The Kier molecular flexibility index (Phi) is 5.00. The summed E-state index contributed by atoms with van der Waals surface area (Å²) < 4.78 is 3.11. The van der Waals surface area contributed by atoms with Crippen molar-refractivity contribution in [3.63, 3.8) is 0 Å². The Labute approximate surface area is 129 Å². The van der Waals surface area contributed by atoms with Crippen molar-refractivity contribution >= 4 is 15.9 Å². The monoisotopic (exact) mass is 335 g/mol. The highest BCUT2D eigenvalue weighted by Gasteiger charge is 2.13. The number of aromatic nitrogens is 2. The summed E-state index contributed by atoms with van der Waals surface area (Å²) in [5.74, 6) is 0. The van der Waals surface area contributed by atoms with E-state index < -0.39 is 0 Å². The molecule has 0 radical (unpaired) electrons. The van der Waals surface area contributed by atoms with Crippen LogP contribution in [-0.2, 0) is 0 Å². The van der Waals surface area contributed by atoms with Gasteiger partial charge in [-0.1, -0.05) is 28.1 Å². The molecular weight excluding hydrogens is 314 g/mol. The predicted molar refractivity (Wildman–Crippen MR) is 86.7 cm³/mol. The summed E-state index contributed by atoms with van der Waals surface area (Å²) in [6.07, 6.45) is 4.07. The molecular formula is C16H22BrN3. The van der Waals surface area contributed by atoms with E-state index in [1.807, 2.05) is 16.9 Å². The van der Waals surface area contributed by atoms with Gasteiger partial charge in [-0.05, 0) is 45.4 Å². The summed E-state index contributed by atoms with van der Waals surface area (Å²) in [4.78, 5) is 0. The number of rotatable bonds is 5. The van der Waals surface area contributed by atoms with Crippen LogP contribution in [0.5, 0.6) is 0 Å². The van der Waals surface area contributed by atoms with E-state index in [-0.39, 0.29) is 6.04 Å². The van der Waals surface area contributed by atoms with Gasteiger partial charge >= 0.3 is 0 Å². The fourth-order valence-corrected chi connectivity index (χ4v) is 2.62. The minimum absolute atomic E-state index is 0.275. The first kappa shape index (κ1) is 15.3.